The fourth-order valence-electron chi connectivity index (χ4n) is 2.37. The number of nitrogens with one attached hydrogen (secondary N) is 2. The molecule has 132 valence electrons. The first-order chi connectivity index (χ1) is 12.6. The Kier molecular flexibility index (Phi) is 5.86. The van der Waals surface area contributed by atoms with Crippen molar-refractivity contribution in [1.29, 1.82) is 0 Å². The molecule has 0 atom stereocenters. The maximum absolute atomic E-state index is 11.9. The van der Waals surface area contributed by atoms with E-state index in [9.17, 15) is 4.79 Å². The van der Waals surface area contributed by atoms with Crippen LogP contribution in [0, 0.1) is 6.92 Å². The van der Waals surface area contributed by atoms with Crippen LogP contribution >= 0.6 is 15.9 Å². The Morgan fingerprint density at radius 1 is 1.15 bits per heavy atom. The van der Waals surface area contributed by atoms with Crippen LogP contribution in [0.5, 0.6) is 0 Å². The van der Waals surface area contributed by atoms with Crippen molar-refractivity contribution in [1.82, 2.24) is 5.43 Å². The maximum atomic E-state index is 11.9. The Labute approximate surface area is 160 Å². The van der Waals surface area contributed by atoms with E-state index in [2.05, 4.69) is 31.8 Å². The van der Waals surface area contributed by atoms with E-state index in [1.807, 2.05) is 61.5 Å². The van der Waals surface area contributed by atoms with Crippen molar-refractivity contribution in [2.45, 2.75) is 6.92 Å². The molecular formula is C20H18BrN3O2. The number of nitrogens with zero attached hydrogens (tertiary/aromatic N) is 1. The van der Waals surface area contributed by atoms with Crippen LogP contribution in [0.3, 0.4) is 0 Å². The van der Waals surface area contributed by atoms with Gasteiger partial charge in [0.25, 0.3) is 5.91 Å². The predicted molar refractivity (Wildman–Crippen MR) is 107 cm³/mol. The molecular weight excluding hydrogens is 394 g/mol. The van der Waals surface area contributed by atoms with Gasteiger partial charge in [0.2, 0.25) is 0 Å². The molecule has 0 saturated heterocycles. The highest BCUT2D eigenvalue weighted by Gasteiger charge is 2.04. The maximum Gasteiger partial charge on any atom is 0.259 e. The molecule has 0 aliphatic carbocycles. The first kappa shape index (κ1) is 17.9. The van der Waals surface area contributed by atoms with Gasteiger partial charge < -0.3 is 9.73 Å². The van der Waals surface area contributed by atoms with Gasteiger partial charge >= 0.3 is 0 Å². The molecule has 1 aromatic heterocycles. The number of aryl methyl sites for hydroxylation is 1. The van der Waals surface area contributed by atoms with Gasteiger partial charge in [-0.3, -0.25) is 4.79 Å². The van der Waals surface area contributed by atoms with E-state index in [0.717, 1.165) is 27.0 Å². The molecule has 0 aliphatic heterocycles. The minimum atomic E-state index is -0.233. The summed E-state index contributed by atoms with van der Waals surface area (Å²) in [4.78, 5) is 11.9. The third kappa shape index (κ3) is 4.83. The van der Waals surface area contributed by atoms with Crippen LogP contribution in [0.4, 0.5) is 5.69 Å². The Morgan fingerprint density at radius 3 is 2.81 bits per heavy atom. The summed E-state index contributed by atoms with van der Waals surface area (Å²) in [5.41, 5.74) is 5.45. The molecule has 2 aromatic carbocycles. The molecule has 6 heteroatoms. The number of anilines is 1. The molecule has 1 heterocycles. The third-order valence-corrected chi connectivity index (χ3v) is 4.19. The van der Waals surface area contributed by atoms with Gasteiger partial charge in [-0.1, -0.05) is 46.3 Å². The lowest BCUT2D eigenvalue weighted by Crippen LogP contribution is -2.26. The lowest BCUT2D eigenvalue weighted by molar-refractivity contribution is -0.119. The van der Waals surface area contributed by atoms with Crippen molar-refractivity contribution < 1.29 is 9.21 Å². The zero-order chi connectivity index (χ0) is 18.4. The summed E-state index contributed by atoms with van der Waals surface area (Å²) in [5.74, 6) is 1.07. The summed E-state index contributed by atoms with van der Waals surface area (Å²) in [6.07, 6.45) is 1.48. The third-order valence-electron chi connectivity index (χ3n) is 3.70. The van der Waals surface area contributed by atoms with E-state index >= 15 is 0 Å². The fraction of sp³-hybridized carbons (Fsp3) is 0.100. The topological polar surface area (TPSA) is 66.6 Å². The number of hydrogen-bond acceptors (Lipinski definition) is 4. The SMILES string of the molecule is Cc1ccccc1NCC(=O)N/N=C\c1ccc(-c2cccc(Br)c2)o1. The summed E-state index contributed by atoms with van der Waals surface area (Å²) < 4.78 is 6.70. The number of benzene rings is 2. The zero-order valence-corrected chi connectivity index (χ0v) is 15.8. The van der Waals surface area contributed by atoms with Crippen molar-refractivity contribution in [3.63, 3.8) is 0 Å². The van der Waals surface area contributed by atoms with Crippen LogP contribution in [-0.4, -0.2) is 18.7 Å². The number of rotatable bonds is 6. The largest absolute Gasteiger partial charge is 0.455 e. The van der Waals surface area contributed by atoms with Gasteiger partial charge in [0, 0.05) is 15.7 Å². The summed E-state index contributed by atoms with van der Waals surface area (Å²) >= 11 is 3.44. The minimum absolute atomic E-state index is 0.143. The normalized spacial score (nSPS) is 10.8. The van der Waals surface area contributed by atoms with Crippen molar-refractivity contribution in [2.24, 2.45) is 5.10 Å². The number of furan rings is 1. The predicted octanol–water partition coefficient (Wildman–Crippen LogP) is 4.58. The number of hydrogen-bond donors (Lipinski definition) is 2. The molecule has 0 saturated carbocycles. The standard InChI is InChI=1S/C20H18BrN3O2/c1-14-5-2-3-8-18(14)22-13-20(25)24-23-12-17-9-10-19(26-17)15-6-4-7-16(21)11-15/h2-12,22H,13H2,1H3,(H,24,25)/b23-12-. The first-order valence-electron chi connectivity index (χ1n) is 8.09. The Morgan fingerprint density at radius 2 is 2.00 bits per heavy atom. The molecule has 3 rings (SSSR count). The molecule has 2 N–H and O–H groups in total. The second-order valence-electron chi connectivity index (χ2n) is 5.67. The number of amides is 1. The molecule has 0 spiro atoms. The Hall–Kier alpha value is -2.86. The van der Waals surface area contributed by atoms with Crippen molar-refractivity contribution in [3.8, 4) is 11.3 Å². The van der Waals surface area contributed by atoms with E-state index in [4.69, 9.17) is 4.42 Å². The molecule has 0 unspecified atom stereocenters. The number of para-hydroxylation sites is 1. The van der Waals surface area contributed by atoms with Gasteiger partial charge in [-0.2, -0.15) is 5.10 Å². The van der Waals surface area contributed by atoms with Gasteiger partial charge in [0.1, 0.15) is 11.5 Å². The quantitative estimate of drug-likeness (QED) is 0.460. The molecule has 0 radical (unpaired) electrons. The van der Waals surface area contributed by atoms with Crippen LogP contribution in [0.1, 0.15) is 11.3 Å². The van der Waals surface area contributed by atoms with Gasteiger partial charge in [-0.05, 0) is 42.8 Å². The van der Waals surface area contributed by atoms with E-state index in [0.29, 0.717) is 5.76 Å². The Balaban J connectivity index is 1.52. The fourth-order valence-corrected chi connectivity index (χ4v) is 2.77. The monoisotopic (exact) mass is 411 g/mol. The second-order valence-corrected chi connectivity index (χ2v) is 6.59. The minimum Gasteiger partial charge on any atom is -0.455 e. The molecule has 0 fully saturated rings. The van der Waals surface area contributed by atoms with E-state index in [-0.39, 0.29) is 12.5 Å². The molecule has 0 aliphatic rings. The van der Waals surface area contributed by atoms with Crippen LogP contribution in [0.25, 0.3) is 11.3 Å². The van der Waals surface area contributed by atoms with Crippen molar-refractivity contribution in [2.75, 3.05) is 11.9 Å². The lowest BCUT2D eigenvalue weighted by Gasteiger charge is -2.07. The summed E-state index contributed by atoms with van der Waals surface area (Å²) in [6, 6.07) is 19.3. The van der Waals surface area contributed by atoms with E-state index in [1.165, 1.54) is 6.21 Å². The molecule has 5 nitrogen and oxygen atoms in total. The van der Waals surface area contributed by atoms with Gasteiger partial charge in [0.15, 0.2) is 0 Å². The van der Waals surface area contributed by atoms with Crippen LogP contribution in [0.15, 0.2) is 74.7 Å². The van der Waals surface area contributed by atoms with Crippen LogP contribution < -0.4 is 10.7 Å². The zero-order valence-electron chi connectivity index (χ0n) is 14.2. The lowest BCUT2D eigenvalue weighted by atomic mass is 10.2. The van der Waals surface area contributed by atoms with E-state index < -0.39 is 0 Å². The Bertz CT molecular complexity index is 934. The summed E-state index contributed by atoms with van der Waals surface area (Å²) in [5, 5.41) is 7.01. The summed E-state index contributed by atoms with van der Waals surface area (Å²) in [6.45, 7) is 2.13. The number of carbonyl (C=O) groups excluding carboxylic acids is 1. The molecule has 0 bridgehead atoms. The second kappa shape index (κ2) is 8.49. The number of halogens is 1. The first-order valence-corrected chi connectivity index (χ1v) is 8.88. The van der Waals surface area contributed by atoms with Crippen LogP contribution in [-0.2, 0) is 4.79 Å². The average Bonchev–Trinajstić information content (AvgIpc) is 3.10. The van der Waals surface area contributed by atoms with E-state index in [1.54, 1.807) is 6.07 Å². The average molecular weight is 412 g/mol. The highest BCUT2D eigenvalue weighted by Crippen LogP contribution is 2.24. The summed E-state index contributed by atoms with van der Waals surface area (Å²) in [7, 11) is 0. The number of hydrazone groups is 1. The highest BCUT2D eigenvalue weighted by atomic mass is 79.9. The van der Waals surface area contributed by atoms with Gasteiger partial charge in [-0.25, -0.2) is 5.43 Å². The molecule has 1 amide bonds. The van der Waals surface area contributed by atoms with Gasteiger partial charge in [0.05, 0.1) is 12.8 Å². The van der Waals surface area contributed by atoms with Crippen molar-refractivity contribution >= 4 is 33.7 Å². The van der Waals surface area contributed by atoms with Crippen molar-refractivity contribution in [3.05, 3.63) is 76.5 Å². The van der Waals surface area contributed by atoms with Gasteiger partial charge in [-0.15, -0.1) is 0 Å². The smallest absolute Gasteiger partial charge is 0.259 e. The molecule has 26 heavy (non-hydrogen) atoms. The molecule has 3 aromatic rings. The number of carbonyl (C=O) groups is 1. The van der Waals surface area contributed by atoms with Crippen LogP contribution in [0.2, 0.25) is 0 Å². The highest BCUT2D eigenvalue weighted by molar-refractivity contribution is 9.10.